The first kappa shape index (κ1) is 17.7. The number of fused-ring (bicyclic) bond motifs is 3. The van der Waals surface area contributed by atoms with Crippen molar-refractivity contribution in [1.82, 2.24) is 4.98 Å². The van der Waals surface area contributed by atoms with Crippen molar-refractivity contribution < 1.29 is 4.42 Å². The second kappa shape index (κ2) is 6.59. The van der Waals surface area contributed by atoms with Crippen LogP contribution in [0.3, 0.4) is 0 Å². The summed E-state index contributed by atoms with van der Waals surface area (Å²) in [6.45, 7) is 7.20. The molecule has 5 rings (SSSR count). The third-order valence-electron chi connectivity index (χ3n) is 6.22. The fourth-order valence-corrected chi connectivity index (χ4v) is 6.30. The van der Waals surface area contributed by atoms with Crippen LogP contribution in [0.5, 0.6) is 0 Å². The van der Waals surface area contributed by atoms with Crippen LogP contribution in [0.4, 0.5) is 0 Å². The van der Waals surface area contributed by atoms with Crippen LogP contribution in [0.15, 0.2) is 59.1 Å². The van der Waals surface area contributed by atoms with Crippen molar-refractivity contribution in [2.45, 2.75) is 51.2 Å². The van der Waals surface area contributed by atoms with E-state index in [-0.39, 0.29) is 0 Å². The fourth-order valence-electron chi connectivity index (χ4n) is 4.72. The van der Waals surface area contributed by atoms with E-state index in [9.17, 15) is 0 Å². The standard InChI is InChI=1S/C25H27NOSi/c1-28(2,3)23-15-13-19(25-24(23)20-10-6-7-11-22(20)27-25)21-14-12-18(16-26-21)17-8-4-5-9-17/h6-7,10-17H,4-5,8-9H2,1-3H3. The summed E-state index contributed by atoms with van der Waals surface area (Å²) in [5.41, 5.74) is 5.45. The number of hydrogen-bond acceptors (Lipinski definition) is 2. The monoisotopic (exact) mass is 385 g/mol. The van der Waals surface area contributed by atoms with Gasteiger partial charge in [0, 0.05) is 22.5 Å². The van der Waals surface area contributed by atoms with E-state index < -0.39 is 8.07 Å². The summed E-state index contributed by atoms with van der Waals surface area (Å²) < 4.78 is 6.39. The average Bonchev–Trinajstić information content (AvgIpc) is 3.35. The van der Waals surface area contributed by atoms with E-state index in [4.69, 9.17) is 9.40 Å². The molecular weight excluding hydrogens is 358 g/mol. The lowest BCUT2D eigenvalue weighted by Gasteiger charge is -2.19. The second-order valence-electron chi connectivity index (χ2n) is 9.17. The molecule has 0 amide bonds. The van der Waals surface area contributed by atoms with Gasteiger partial charge in [-0.05, 0) is 47.7 Å². The molecule has 0 aliphatic heterocycles. The van der Waals surface area contributed by atoms with E-state index >= 15 is 0 Å². The molecule has 2 nitrogen and oxygen atoms in total. The molecule has 3 heteroatoms. The van der Waals surface area contributed by atoms with Gasteiger partial charge in [-0.1, -0.05) is 62.8 Å². The number of pyridine rings is 1. The summed E-state index contributed by atoms with van der Waals surface area (Å²) in [7, 11) is -1.51. The first-order chi connectivity index (χ1) is 13.5. The van der Waals surface area contributed by atoms with Crippen LogP contribution in [0.25, 0.3) is 33.2 Å². The number of hydrogen-bond donors (Lipinski definition) is 0. The van der Waals surface area contributed by atoms with Gasteiger partial charge < -0.3 is 4.42 Å². The van der Waals surface area contributed by atoms with Gasteiger partial charge in [0.15, 0.2) is 0 Å². The molecule has 142 valence electrons. The maximum Gasteiger partial charge on any atom is 0.144 e. The van der Waals surface area contributed by atoms with Crippen LogP contribution in [0.1, 0.15) is 37.2 Å². The highest BCUT2D eigenvalue weighted by atomic mass is 28.3. The number of benzene rings is 2. The lowest BCUT2D eigenvalue weighted by Crippen LogP contribution is -2.37. The van der Waals surface area contributed by atoms with Crippen LogP contribution < -0.4 is 5.19 Å². The van der Waals surface area contributed by atoms with Crippen LogP contribution >= 0.6 is 0 Å². The number of para-hydroxylation sites is 1. The Morgan fingerprint density at radius 1 is 0.929 bits per heavy atom. The van der Waals surface area contributed by atoms with Crippen LogP contribution in [0, 0.1) is 0 Å². The van der Waals surface area contributed by atoms with Crippen molar-refractivity contribution in [2.75, 3.05) is 0 Å². The van der Waals surface area contributed by atoms with Crippen LogP contribution in [-0.4, -0.2) is 13.1 Å². The maximum absolute atomic E-state index is 6.39. The van der Waals surface area contributed by atoms with Gasteiger partial charge in [0.2, 0.25) is 0 Å². The van der Waals surface area contributed by atoms with Crippen molar-refractivity contribution in [3.63, 3.8) is 0 Å². The predicted molar refractivity (Wildman–Crippen MR) is 121 cm³/mol. The van der Waals surface area contributed by atoms with Gasteiger partial charge in [0.25, 0.3) is 0 Å². The van der Waals surface area contributed by atoms with E-state index in [0.717, 1.165) is 22.4 Å². The zero-order chi connectivity index (χ0) is 19.3. The highest BCUT2D eigenvalue weighted by molar-refractivity contribution is 6.90. The van der Waals surface area contributed by atoms with Gasteiger partial charge in [-0.25, -0.2) is 0 Å². The van der Waals surface area contributed by atoms with Crippen molar-refractivity contribution in [3.8, 4) is 11.3 Å². The normalized spacial score (nSPS) is 15.7. The minimum Gasteiger partial charge on any atom is -0.455 e. The Labute approximate surface area is 167 Å². The van der Waals surface area contributed by atoms with E-state index in [1.165, 1.54) is 47.2 Å². The number of nitrogens with zero attached hydrogens (tertiary/aromatic N) is 1. The van der Waals surface area contributed by atoms with E-state index in [2.05, 4.69) is 68.3 Å². The van der Waals surface area contributed by atoms with Crippen molar-refractivity contribution in [1.29, 1.82) is 0 Å². The van der Waals surface area contributed by atoms with Crippen LogP contribution in [0.2, 0.25) is 19.6 Å². The minimum atomic E-state index is -1.51. The summed E-state index contributed by atoms with van der Waals surface area (Å²) in [4.78, 5) is 4.86. The highest BCUT2D eigenvalue weighted by Crippen LogP contribution is 2.37. The Bertz CT molecular complexity index is 1150. The van der Waals surface area contributed by atoms with E-state index in [1.54, 1.807) is 0 Å². The van der Waals surface area contributed by atoms with E-state index in [1.807, 2.05) is 6.07 Å². The molecule has 2 heterocycles. The maximum atomic E-state index is 6.39. The summed E-state index contributed by atoms with van der Waals surface area (Å²) in [6, 6.07) is 17.4. The summed E-state index contributed by atoms with van der Waals surface area (Å²) in [5.74, 6) is 0.696. The van der Waals surface area contributed by atoms with E-state index in [0.29, 0.717) is 5.92 Å². The molecule has 28 heavy (non-hydrogen) atoms. The molecule has 1 saturated carbocycles. The zero-order valence-corrected chi connectivity index (χ0v) is 18.0. The third-order valence-corrected chi connectivity index (χ3v) is 8.26. The molecular formula is C25H27NOSi. The quantitative estimate of drug-likeness (QED) is 0.360. The highest BCUT2D eigenvalue weighted by Gasteiger charge is 2.25. The number of rotatable bonds is 3. The van der Waals surface area contributed by atoms with Gasteiger partial charge in [-0.15, -0.1) is 0 Å². The third kappa shape index (κ3) is 2.89. The first-order valence-electron chi connectivity index (χ1n) is 10.4. The van der Waals surface area contributed by atoms with Crippen molar-refractivity contribution in [3.05, 3.63) is 60.3 Å². The Hall–Kier alpha value is -2.39. The van der Waals surface area contributed by atoms with Gasteiger partial charge in [-0.3, -0.25) is 4.98 Å². The number of furan rings is 1. The molecule has 0 unspecified atom stereocenters. The van der Waals surface area contributed by atoms with Crippen molar-refractivity contribution in [2.24, 2.45) is 0 Å². The van der Waals surface area contributed by atoms with Crippen molar-refractivity contribution >= 4 is 35.2 Å². The lowest BCUT2D eigenvalue weighted by molar-refractivity contribution is 0.670. The smallest absolute Gasteiger partial charge is 0.144 e. The Balaban J connectivity index is 1.70. The molecule has 1 aliphatic carbocycles. The molecule has 0 N–H and O–H groups in total. The molecule has 0 bridgehead atoms. The fraction of sp³-hybridized carbons (Fsp3) is 0.320. The summed E-state index contributed by atoms with van der Waals surface area (Å²) in [5, 5.41) is 3.96. The molecule has 4 aromatic rings. The Morgan fingerprint density at radius 3 is 2.43 bits per heavy atom. The minimum absolute atomic E-state index is 0.696. The molecule has 0 saturated heterocycles. The van der Waals surface area contributed by atoms with Gasteiger partial charge >= 0.3 is 0 Å². The second-order valence-corrected chi connectivity index (χ2v) is 14.2. The average molecular weight is 386 g/mol. The molecule has 0 atom stereocenters. The molecule has 0 radical (unpaired) electrons. The molecule has 2 aromatic carbocycles. The topological polar surface area (TPSA) is 26.0 Å². The van der Waals surface area contributed by atoms with Crippen LogP contribution in [-0.2, 0) is 0 Å². The molecule has 1 fully saturated rings. The first-order valence-corrected chi connectivity index (χ1v) is 13.9. The number of aromatic nitrogens is 1. The summed E-state index contributed by atoms with van der Waals surface area (Å²) in [6.07, 6.45) is 7.40. The van der Waals surface area contributed by atoms with Gasteiger partial charge in [0.05, 0.1) is 13.8 Å². The Kier molecular flexibility index (Phi) is 4.16. The SMILES string of the molecule is C[Si](C)(C)c1ccc(-c2ccc(C3CCCC3)cn2)c2oc3ccccc3c12. The molecule has 2 aromatic heterocycles. The predicted octanol–water partition coefficient (Wildman–Crippen LogP) is 6.85. The molecule has 1 aliphatic rings. The Morgan fingerprint density at radius 2 is 1.71 bits per heavy atom. The lowest BCUT2D eigenvalue weighted by atomic mass is 9.98. The summed E-state index contributed by atoms with van der Waals surface area (Å²) >= 11 is 0. The largest absolute Gasteiger partial charge is 0.455 e. The van der Waals surface area contributed by atoms with Gasteiger partial charge in [-0.2, -0.15) is 0 Å². The van der Waals surface area contributed by atoms with Gasteiger partial charge in [0.1, 0.15) is 11.2 Å². The molecule has 0 spiro atoms. The zero-order valence-electron chi connectivity index (χ0n) is 17.0.